The van der Waals surface area contributed by atoms with Crippen molar-refractivity contribution < 1.29 is 14.9 Å². The van der Waals surface area contributed by atoms with Crippen LogP contribution in [-0.4, -0.2) is 48.1 Å². The molecule has 1 aliphatic heterocycles. The summed E-state index contributed by atoms with van der Waals surface area (Å²) in [5.74, 6) is -0.0732. The molecule has 0 spiro atoms. The van der Waals surface area contributed by atoms with Gasteiger partial charge in [0, 0.05) is 13.5 Å². The van der Waals surface area contributed by atoms with E-state index in [0.29, 0.717) is 0 Å². The van der Waals surface area contributed by atoms with Gasteiger partial charge in [0.25, 0.3) is 11.1 Å². The highest BCUT2D eigenvalue weighted by atomic mass is 16.5. The Balaban J connectivity index is 2.24. The number of rotatable bonds is 2. The summed E-state index contributed by atoms with van der Waals surface area (Å²) in [4.78, 5) is 32.1. The lowest BCUT2D eigenvalue weighted by Gasteiger charge is -2.16. The van der Waals surface area contributed by atoms with Crippen molar-refractivity contribution in [2.24, 2.45) is 7.05 Å². The second-order valence-electron chi connectivity index (χ2n) is 5.09. The average molecular weight is 309 g/mol. The maximum Gasteiger partial charge on any atom is 0.282 e. The number of nitrogen functional groups attached to an aromatic ring is 1. The summed E-state index contributed by atoms with van der Waals surface area (Å²) in [5.41, 5.74) is 4.60. The summed E-state index contributed by atoms with van der Waals surface area (Å²) < 4.78 is 7.69. The zero-order chi connectivity index (χ0) is 16.0. The van der Waals surface area contributed by atoms with Crippen LogP contribution in [0.5, 0.6) is 0 Å². The Morgan fingerprint density at radius 2 is 2.23 bits per heavy atom. The molecule has 0 aromatic carbocycles. The third-order valence-electron chi connectivity index (χ3n) is 3.72. The van der Waals surface area contributed by atoms with Gasteiger partial charge in [-0.1, -0.05) is 0 Å². The zero-order valence-corrected chi connectivity index (χ0v) is 11.7. The van der Waals surface area contributed by atoms with Crippen LogP contribution in [0.3, 0.4) is 0 Å². The van der Waals surface area contributed by atoms with Crippen molar-refractivity contribution in [3.63, 3.8) is 0 Å². The van der Waals surface area contributed by atoms with Crippen LogP contribution >= 0.6 is 0 Å². The van der Waals surface area contributed by atoms with Crippen LogP contribution in [0.2, 0.25) is 0 Å². The van der Waals surface area contributed by atoms with Crippen LogP contribution in [0.25, 0.3) is 11.2 Å². The molecule has 10 heteroatoms. The van der Waals surface area contributed by atoms with Crippen LogP contribution in [0.4, 0.5) is 5.95 Å². The quantitative estimate of drug-likeness (QED) is 0.562. The van der Waals surface area contributed by atoms with E-state index in [1.165, 1.54) is 7.05 Å². The molecule has 3 unspecified atom stereocenters. The number of aromatic nitrogens is 4. The first-order valence-corrected chi connectivity index (χ1v) is 6.62. The predicted octanol–water partition coefficient (Wildman–Crippen LogP) is -2.29. The van der Waals surface area contributed by atoms with E-state index in [4.69, 9.17) is 15.6 Å². The Morgan fingerprint density at radius 1 is 1.50 bits per heavy atom. The maximum absolute atomic E-state index is 12.1. The van der Waals surface area contributed by atoms with E-state index in [1.807, 2.05) is 0 Å². The number of hydrogen-bond acceptors (Lipinski definition) is 8. The van der Waals surface area contributed by atoms with E-state index >= 15 is 0 Å². The minimum absolute atomic E-state index is 0.0103. The van der Waals surface area contributed by atoms with Crippen LogP contribution in [0.15, 0.2) is 15.8 Å². The lowest BCUT2D eigenvalue weighted by molar-refractivity contribution is -0.0442. The first kappa shape index (κ1) is 14.6. The van der Waals surface area contributed by atoms with Gasteiger partial charge in [0.15, 0.2) is 11.2 Å². The van der Waals surface area contributed by atoms with Gasteiger partial charge in [-0.25, -0.2) is 4.98 Å². The molecule has 22 heavy (non-hydrogen) atoms. The topological polar surface area (TPSA) is 145 Å². The van der Waals surface area contributed by atoms with Crippen molar-refractivity contribution in [1.29, 1.82) is 0 Å². The van der Waals surface area contributed by atoms with Gasteiger partial charge >= 0.3 is 0 Å². The summed E-state index contributed by atoms with van der Waals surface area (Å²) in [5, 5.41) is 18.9. The van der Waals surface area contributed by atoms with Crippen molar-refractivity contribution >= 4 is 17.1 Å². The van der Waals surface area contributed by atoms with E-state index in [-0.39, 0.29) is 30.1 Å². The highest BCUT2D eigenvalue weighted by Gasteiger charge is 2.36. The van der Waals surface area contributed by atoms with Gasteiger partial charge in [-0.2, -0.15) is 4.98 Å². The Bertz CT molecular complexity index is 844. The van der Waals surface area contributed by atoms with Crippen LogP contribution in [0.1, 0.15) is 12.6 Å². The van der Waals surface area contributed by atoms with E-state index in [9.17, 15) is 14.7 Å². The predicted molar refractivity (Wildman–Crippen MR) is 75.1 cm³/mol. The van der Waals surface area contributed by atoms with E-state index in [2.05, 4.69) is 9.97 Å². The molecule has 0 aliphatic carbocycles. The van der Waals surface area contributed by atoms with Gasteiger partial charge in [0.2, 0.25) is 5.95 Å². The number of anilines is 1. The second-order valence-corrected chi connectivity index (χ2v) is 5.09. The molecular formula is C12H15N5O5. The highest BCUT2D eigenvalue weighted by molar-refractivity contribution is 5.70. The van der Waals surface area contributed by atoms with E-state index < -0.39 is 29.6 Å². The first-order valence-electron chi connectivity index (χ1n) is 6.62. The largest absolute Gasteiger partial charge is 0.394 e. The van der Waals surface area contributed by atoms with Crippen LogP contribution in [-0.2, 0) is 11.8 Å². The van der Waals surface area contributed by atoms with Crippen molar-refractivity contribution in [2.75, 3.05) is 12.3 Å². The molecule has 1 fully saturated rings. The second kappa shape index (κ2) is 5.16. The Morgan fingerprint density at radius 3 is 2.86 bits per heavy atom. The normalized spacial score (nSPS) is 25.0. The molecule has 2 aromatic heterocycles. The van der Waals surface area contributed by atoms with E-state index in [1.54, 1.807) is 0 Å². The summed E-state index contributed by atoms with van der Waals surface area (Å²) in [6, 6.07) is 0. The van der Waals surface area contributed by atoms with Gasteiger partial charge < -0.3 is 20.7 Å². The fourth-order valence-corrected chi connectivity index (χ4v) is 2.48. The molecule has 0 bridgehead atoms. The molecule has 4 N–H and O–H groups in total. The van der Waals surface area contributed by atoms with Crippen molar-refractivity contribution in [2.45, 2.75) is 24.9 Å². The van der Waals surface area contributed by atoms with Gasteiger partial charge in [0.1, 0.15) is 12.3 Å². The molecule has 2 aromatic rings. The van der Waals surface area contributed by atoms with E-state index in [0.717, 1.165) is 15.3 Å². The standard InChI is InChI=1S/C12H15N5O5/c1-16-11(21)9-10(15-12(16)13)17(7(20)3-14-9)8-2-5(19)6(4-18)22-8/h3,5-6,8,18-19H,2,4H2,1H3,(H2,13,15). The minimum atomic E-state index is -0.922. The summed E-state index contributed by atoms with van der Waals surface area (Å²) in [7, 11) is 1.44. The lowest BCUT2D eigenvalue weighted by Crippen LogP contribution is -2.31. The molecule has 10 nitrogen and oxygen atoms in total. The molecule has 0 saturated carbocycles. The van der Waals surface area contributed by atoms with Crippen LogP contribution in [0, 0.1) is 0 Å². The molecular weight excluding hydrogens is 294 g/mol. The van der Waals surface area contributed by atoms with Crippen molar-refractivity contribution in [1.82, 2.24) is 19.1 Å². The molecule has 3 atom stereocenters. The van der Waals surface area contributed by atoms with Gasteiger partial charge in [-0.15, -0.1) is 0 Å². The molecule has 0 amide bonds. The van der Waals surface area contributed by atoms with Gasteiger partial charge in [-0.05, 0) is 0 Å². The Kier molecular flexibility index (Phi) is 3.43. The molecule has 0 radical (unpaired) electrons. The number of hydrogen-bond donors (Lipinski definition) is 3. The first-order chi connectivity index (χ1) is 10.4. The van der Waals surface area contributed by atoms with Crippen molar-refractivity contribution in [3.05, 3.63) is 26.9 Å². The summed E-state index contributed by atoms with van der Waals surface area (Å²) in [6.07, 6.45) is -1.51. The smallest absolute Gasteiger partial charge is 0.282 e. The SMILES string of the molecule is Cn1c(N)nc2c(ncc(=O)n2C2CC(O)C(CO)O2)c1=O. The fourth-order valence-electron chi connectivity index (χ4n) is 2.48. The number of aliphatic hydroxyl groups excluding tert-OH is 2. The fraction of sp³-hybridized carbons (Fsp3) is 0.500. The zero-order valence-electron chi connectivity index (χ0n) is 11.7. The summed E-state index contributed by atoms with van der Waals surface area (Å²) in [6.45, 7) is -0.382. The van der Waals surface area contributed by atoms with Crippen LogP contribution < -0.4 is 16.9 Å². The number of aliphatic hydroxyl groups is 2. The molecule has 1 saturated heterocycles. The number of nitrogens with zero attached hydrogens (tertiary/aromatic N) is 4. The number of nitrogens with two attached hydrogens (primary N) is 1. The lowest BCUT2D eigenvalue weighted by atomic mass is 10.2. The van der Waals surface area contributed by atoms with Gasteiger partial charge in [0.05, 0.1) is 18.9 Å². The highest BCUT2D eigenvalue weighted by Crippen LogP contribution is 2.28. The Labute approximate surface area is 123 Å². The van der Waals surface area contributed by atoms with Gasteiger partial charge in [-0.3, -0.25) is 18.7 Å². The molecule has 1 aliphatic rings. The van der Waals surface area contributed by atoms with Crippen molar-refractivity contribution in [3.8, 4) is 0 Å². The monoisotopic (exact) mass is 309 g/mol. The minimum Gasteiger partial charge on any atom is -0.394 e. The maximum atomic E-state index is 12.1. The Hall–Kier alpha value is -2.30. The molecule has 118 valence electrons. The number of fused-ring (bicyclic) bond motifs is 1. The third kappa shape index (κ3) is 2.08. The average Bonchev–Trinajstić information content (AvgIpc) is 2.85. The molecule has 3 rings (SSSR count). The molecule has 3 heterocycles. The third-order valence-corrected chi connectivity index (χ3v) is 3.72. The summed E-state index contributed by atoms with van der Waals surface area (Å²) >= 11 is 0. The number of ether oxygens (including phenoxy) is 1.